The van der Waals surface area contributed by atoms with Crippen molar-refractivity contribution < 1.29 is 0 Å². The second-order valence-corrected chi connectivity index (χ2v) is 5.63. The van der Waals surface area contributed by atoms with Crippen molar-refractivity contribution in [2.45, 2.75) is 33.1 Å². The lowest BCUT2D eigenvalue weighted by Gasteiger charge is -2.14. The van der Waals surface area contributed by atoms with Gasteiger partial charge in [-0.2, -0.15) is 0 Å². The Morgan fingerprint density at radius 3 is 2.61 bits per heavy atom. The Labute approximate surface area is 116 Å². The SMILES string of the molecule is CCc1cc(Br)cc2cc(C(C)C)c(NN)nc12. The molecule has 2 rings (SSSR count). The second kappa shape index (κ2) is 5.24. The van der Waals surface area contributed by atoms with E-state index in [4.69, 9.17) is 5.84 Å². The van der Waals surface area contributed by atoms with Gasteiger partial charge in [-0.05, 0) is 41.7 Å². The number of nitrogens with one attached hydrogen (secondary N) is 1. The number of anilines is 1. The number of hydrogen-bond acceptors (Lipinski definition) is 3. The number of benzene rings is 1. The van der Waals surface area contributed by atoms with Gasteiger partial charge in [-0.25, -0.2) is 10.8 Å². The van der Waals surface area contributed by atoms with Gasteiger partial charge in [0.1, 0.15) is 5.82 Å². The van der Waals surface area contributed by atoms with Crippen molar-refractivity contribution in [2.24, 2.45) is 5.84 Å². The van der Waals surface area contributed by atoms with Crippen LogP contribution in [0.3, 0.4) is 0 Å². The summed E-state index contributed by atoms with van der Waals surface area (Å²) in [5.41, 5.74) is 6.11. The van der Waals surface area contributed by atoms with Crippen LogP contribution in [0.15, 0.2) is 22.7 Å². The van der Waals surface area contributed by atoms with Crippen LogP contribution in [0.2, 0.25) is 0 Å². The molecule has 1 heterocycles. The molecular formula is C14H18BrN3. The van der Waals surface area contributed by atoms with Crippen molar-refractivity contribution in [3.05, 3.63) is 33.8 Å². The van der Waals surface area contributed by atoms with Crippen molar-refractivity contribution in [2.75, 3.05) is 5.43 Å². The van der Waals surface area contributed by atoms with E-state index >= 15 is 0 Å². The minimum absolute atomic E-state index is 0.386. The molecule has 3 nitrogen and oxygen atoms in total. The highest BCUT2D eigenvalue weighted by atomic mass is 79.9. The zero-order valence-corrected chi connectivity index (χ0v) is 12.5. The number of halogens is 1. The van der Waals surface area contributed by atoms with Gasteiger partial charge in [0.2, 0.25) is 0 Å². The predicted octanol–water partition coefficient (Wildman–Crippen LogP) is 3.97. The summed E-state index contributed by atoms with van der Waals surface area (Å²) in [6, 6.07) is 6.39. The van der Waals surface area contributed by atoms with Crippen LogP contribution < -0.4 is 11.3 Å². The molecule has 0 amide bonds. The first-order chi connectivity index (χ1) is 8.56. The summed E-state index contributed by atoms with van der Waals surface area (Å²) in [6.07, 6.45) is 0.952. The van der Waals surface area contributed by atoms with Crippen LogP contribution in [0.5, 0.6) is 0 Å². The normalized spacial score (nSPS) is 11.2. The number of aromatic nitrogens is 1. The number of hydrazine groups is 1. The molecule has 0 atom stereocenters. The zero-order valence-electron chi connectivity index (χ0n) is 10.9. The van der Waals surface area contributed by atoms with Gasteiger partial charge in [-0.15, -0.1) is 0 Å². The van der Waals surface area contributed by atoms with Crippen LogP contribution >= 0.6 is 15.9 Å². The molecular weight excluding hydrogens is 290 g/mol. The number of hydrogen-bond donors (Lipinski definition) is 2. The highest BCUT2D eigenvalue weighted by molar-refractivity contribution is 9.10. The molecule has 0 saturated heterocycles. The fourth-order valence-corrected chi connectivity index (χ4v) is 2.69. The molecule has 0 unspecified atom stereocenters. The number of nitrogens with zero attached hydrogens (tertiary/aromatic N) is 1. The van der Waals surface area contributed by atoms with Crippen LogP contribution in [0.25, 0.3) is 10.9 Å². The fraction of sp³-hybridized carbons (Fsp3) is 0.357. The third-order valence-electron chi connectivity index (χ3n) is 3.13. The first-order valence-corrected chi connectivity index (χ1v) is 6.95. The van der Waals surface area contributed by atoms with Crippen LogP contribution in [0.4, 0.5) is 5.82 Å². The minimum Gasteiger partial charge on any atom is -0.308 e. The molecule has 0 aliphatic carbocycles. The van der Waals surface area contributed by atoms with Gasteiger partial charge in [-0.3, -0.25) is 0 Å². The van der Waals surface area contributed by atoms with Gasteiger partial charge in [0.25, 0.3) is 0 Å². The highest BCUT2D eigenvalue weighted by Gasteiger charge is 2.11. The molecule has 3 N–H and O–H groups in total. The molecule has 96 valence electrons. The number of nitrogen functional groups attached to an aromatic ring is 1. The Bertz CT molecular complexity index is 579. The van der Waals surface area contributed by atoms with E-state index in [1.54, 1.807) is 0 Å². The summed E-state index contributed by atoms with van der Waals surface area (Å²) in [7, 11) is 0. The molecule has 2 aromatic rings. The molecule has 18 heavy (non-hydrogen) atoms. The van der Waals surface area contributed by atoms with Gasteiger partial charge in [-0.1, -0.05) is 36.7 Å². The van der Waals surface area contributed by atoms with Gasteiger partial charge < -0.3 is 5.43 Å². The van der Waals surface area contributed by atoms with Crippen molar-refractivity contribution in [3.8, 4) is 0 Å². The van der Waals surface area contributed by atoms with Crippen LogP contribution in [0, 0.1) is 0 Å². The van der Waals surface area contributed by atoms with Crippen molar-refractivity contribution >= 4 is 32.7 Å². The van der Waals surface area contributed by atoms with Gasteiger partial charge >= 0.3 is 0 Å². The third kappa shape index (κ3) is 2.35. The number of aryl methyl sites for hydroxylation is 1. The van der Waals surface area contributed by atoms with Crippen LogP contribution in [-0.2, 0) is 6.42 Å². The molecule has 1 aromatic heterocycles. The summed E-state index contributed by atoms with van der Waals surface area (Å²) in [6.45, 7) is 6.42. The van der Waals surface area contributed by atoms with E-state index in [1.165, 1.54) is 5.56 Å². The molecule has 0 aliphatic heterocycles. The maximum absolute atomic E-state index is 5.58. The molecule has 0 fully saturated rings. The van der Waals surface area contributed by atoms with E-state index in [1.807, 2.05) is 0 Å². The summed E-state index contributed by atoms with van der Waals surface area (Å²) in [4.78, 5) is 4.67. The van der Waals surface area contributed by atoms with E-state index in [0.29, 0.717) is 5.92 Å². The van der Waals surface area contributed by atoms with E-state index in [-0.39, 0.29) is 0 Å². The number of nitrogens with two attached hydrogens (primary N) is 1. The fourth-order valence-electron chi connectivity index (χ4n) is 2.16. The minimum atomic E-state index is 0.386. The summed E-state index contributed by atoms with van der Waals surface area (Å²) in [5.74, 6) is 6.74. The number of rotatable bonds is 3. The van der Waals surface area contributed by atoms with Crippen molar-refractivity contribution in [3.63, 3.8) is 0 Å². The topological polar surface area (TPSA) is 50.9 Å². The van der Waals surface area contributed by atoms with Gasteiger partial charge in [0, 0.05) is 9.86 Å². The van der Waals surface area contributed by atoms with Crippen LogP contribution in [-0.4, -0.2) is 4.98 Å². The van der Waals surface area contributed by atoms with Crippen molar-refractivity contribution in [1.82, 2.24) is 4.98 Å². The molecule has 0 aliphatic rings. The lowest BCUT2D eigenvalue weighted by molar-refractivity contribution is 0.862. The lowest BCUT2D eigenvalue weighted by atomic mass is 10.00. The molecule has 0 spiro atoms. The average molecular weight is 308 g/mol. The quantitative estimate of drug-likeness (QED) is 0.666. The van der Waals surface area contributed by atoms with Crippen molar-refractivity contribution in [1.29, 1.82) is 0 Å². The van der Waals surface area contributed by atoms with E-state index in [9.17, 15) is 0 Å². The van der Waals surface area contributed by atoms with E-state index < -0.39 is 0 Å². The average Bonchev–Trinajstić information content (AvgIpc) is 2.35. The number of fused-ring (bicyclic) bond motifs is 1. The largest absolute Gasteiger partial charge is 0.308 e. The molecule has 0 saturated carbocycles. The highest BCUT2D eigenvalue weighted by Crippen LogP contribution is 2.30. The first kappa shape index (κ1) is 13.3. The Balaban J connectivity index is 2.78. The maximum atomic E-state index is 5.58. The predicted molar refractivity (Wildman–Crippen MR) is 80.7 cm³/mol. The molecule has 4 heteroatoms. The number of pyridine rings is 1. The Morgan fingerprint density at radius 1 is 1.33 bits per heavy atom. The van der Waals surface area contributed by atoms with Gasteiger partial charge in [0.15, 0.2) is 0 Å². The molecule has 0 radical (unpaired) electrons. The smallest absolute Gasteiger partial charge is 0.144 e. The Kier molecular flexibility index (Phi) is 3.88. The lowest BCUT2D eigenvalue weighted by Crippen LogP contribution is -2.12. The van der Waals surface area contributed by atoms with Crippen LogP contribution in [0.1, 0.15) is 37.8 Å². The Hall–Kier alpha value is -1.13. The third-order valence-corrected chi connectivity index (χ3v) is 3.59. The first-order valence-electron chi connectivity index (χ1n) is 6.16. The van der Waals surface area contributed by atoms with E-state index in [0.717, 1.165) is 33.2 Å². The standard InChI is InChI=1S/C14H18BrN3/c1-4-9-5-11(15)6-10-7-12(8(2)3)14(18-16)17-13(9)10/h5-8H,4,16H2,1-3H3,(H,17,18). The Morgan fingerprint density at radius 2 is 2.06 bits per heavy atom. The summed E-state index contributed by atoms with van der Waals surface area (Å²) in [5, 5.41) is 1.16. The van der Waals surface area contributed by atoms with Gasteiger partial charge in [0.05, 0.1) is 5.52 Å². The monoisotopic (exact) mass is 307 g/mol. The molecule has 0 bridgehead atoms. The van der Waals surface area contributed by atoms with E-state index in [2.05, 4.69) is 65.3 Å². The summed E-state index contributed by atoms with van der Waals surface area (Å²) < 4.78 is 1.09. The zero-order chi connectivity index (χ0) is 13.3. The maximum Gasteiger partial charge on any atom is 0.144 e. The second-order valence-electron chi connectivity index (χ2n) is 4.72. The summed E-state index contributed by atoms with van der Waals surface area (Å²) >= 11 is 3.55. The molecule has 1 aromatic carbocycles.